The molecule has 122 valence electrons. The summed E-state index contributed by atoms with van der Waals surface area (Å²) in [5, 5.41) is 11.7. The molecule has 0 aliphatic carbocycles. The number of ether oxygens (including phenoxy) is 1. The molecule has 22 heavy (non-hydrogen) atoms. The van der Waals surface area contributed by atoms with Gasteiger partial charge in [0.25, 0.3) is 5.91 Å². The molecule has 0 aliphatic heterocycles. The third-order valence-electron chi connectivity index (χ3n) is 3.39. The summed E-state index contributed by atoms with van der Waals surface area (Å²) < 4.78 is 6.41. The Labute approximate surface area is 139 Å². The minimum Gasteiger partial charge on any atom is -0.481 e. The summed E-state index contributed by atoms with van der Waals surface area (Å²) >= 11 is 3.40. The lowest BCUT2D eigenvalue weighted by atomic mass is 9.90. The fourth-order valence-electron chi connectivity index (χ4n) is 1.69. The van der Waals surface area contributed by atoms with Crippen molar-refractivity contribution in [3.63, 3.8) is 0 Å². The zero-order valence-corrected chi connectivity index (χ0v) is 14.9. The number of aryl methyl sites for hydroxylation is 1. The third-order valence-corrected chi connectivity index (χ3v) is 4.01. The fourth-order valence-corrected chi connectivity index (χ4v) is 2.28. The minimum atomic E-state index is -0.880. The van der Waals surface area contributed by atoms with Gasteiger partial charge >= 0.3 is 5.97 Å². The first-order valence-corrected chi connectivity index (χ1v) is 7.86. The molecule has 1 aromatic carbocycles. The van der Waals surface area contributed by atoms with E-state index in [1.54, 1.807) is 26.8 Å². The van der Waals surface area contributed by atoms with Crippen molar-refractivity contribution < 1.29 is 19.4 Å². The second-order valence-corrected chi connectivity index (χ2v) is 6.78. The largest absolute Gasteiger partial charge is 0.481 e. The van der Waals surface area contributed by atoms with E-state index >= 15 is 0 Å². The van der Waals surface area contributed by atoms with Gasteiger partial charge in [-0.15, -0.1) is 0 Å². The number of nitrogens with one attached hydrogen (secondary N) is 1. The zero-order valence-electron chi connectivity index (χ0n) is 13.3. The van der Waals surface area contributed by atoms with Gasteiger partial charge in [-0.2, -0.15) is 0 Å². The molecule has 1 unspecified atom stereocenters. The molecule has 2 N–H and O–H groups in total. The highest BCUT2D eigenvalue weighted by Gasteiger charge is 2.27. The van der Waals surface area contributed by atoms with Crippen LogP contribution in [0.3, 0.4) is 0 Å². The Morgan fingerprint density at radius 2 is 2.05 bits per heavy atom. The van der Waals surface area contributed by atoms with Crippen molar-refractivity contribution in [2.24, 2.45) is 5.41 Å². The van der Waals surface area contributed by atoms with Gasteiger partial charge in [0.15, 0.2) is 6.10 Å². The van der Waals surface area contributed by atoms with E-state index in [0.717, 1.165) is 10.0 Å². The lowest BCUT2D eigenvalue weighted by molar-refractivity contribution is -0.147. The highest BCUT2D eigenvalue weighted by Crippen LogP contribution is 2.26. The van der Waals surface area contributed by atoms with Crippen molar-refractivity contribution in [3.8, 4) is 5.75 Å². The molecule has 5 nitrogen and oxygen atoms in total. The summed E-state index contributed by atoms with van der Waals surface area (Å²) in [6.07, 6.45) is -0.304. The van der Waals surface area contributed by atoms with E-state index in [1.807, 2.05) is 19.1 Å². The molecule has 0 bridgehead atoms. The van der Waals surface area contributed by atoms with Crippen LogP contribution in [-0.2, 0) is 9.59 Å². The third kappa shape index (κ3) is 5.33. The lowest BCUT2D eigenvalue weighted by Crippen LogP contribution is -2.39. The standard InChI is InChI=1S/C16H22BrNO4/c1-10-5-6-13(12(17)9-10)22-11(2)14(19)18-8-7-16(3,4)15(20)21/h5-6,9,11H,7-8H2,1-4H3,(H,18,19)(H,20,21). The predicted molar refractivity (Wildman–Crippen MR) is 88.0 cm³/mol. The Balaban J connectivity index is 2.50. The number of rotatable bonds is 7. The van der Waals surface area contributed by atoms with Crippen LogP contribution in [-0.4, -0.2) is 29.6 Å². The van der Waals surface area contributed by atoms with Crippen molar-refractivity contribution >= 4 is 27.8 Å². The van der Waals surface area contributed by atoms with Gasteiger partial charge < -0.3 is 15.2 Å². The molecule has 0 radical (unpaired) electrons. The molecular formula is C16H22BrNO4. The molecule has 0 saturated carbocycles. The molecule has 1 rings (SSSR count). The van der Waals surface area contributed by atoms with Crippen molar-refractivity contribution in [2.75, 3.05) is 6.54 Å². The maximum atomic E-state index is 12.0. The van der Waals surface area contributed by atoms with E-state index in [4.69, 9.17) is 9.84 Å². The van der Waals surface area contributed by atoms with Gasteiger partial charge in [-0.25, -0.2) is 0 Å². The highest BCUT2D eigenvalue weighted by molar-refractivity contribution is 9.10. The number of carboxylic acid groups (broad SMARTS) is 1. The minimum absolute atomic E-state index is 0.270. The van der Waals surface area contributed by atoms with Crippen LogP contribution < -0.4 is 10.1 Å². The number of benzene rings is 1. The summed E-state index contributed by atoms with van der Waals surface area (Å²) in [5.74, 6) is -0.553. The van der Waals surface area contributed by atoms with Gasteiger partial charge in [-0.05, 0) is 67.7 Å². The Kier molecular flexibility index (Phi) is 6.41. The van der Waals surface area contributed by atoms with E-state index in [1.165, 1.54) is 0 Å². The number of hydrogen-bond donors (Lipinski definition) is 2. The maximum absolute atomic E-state index is 12.0. The SMILES string of the molecule is Cc1ccc(OC(C)C(=O)NCCC(C)(C)C(=O)O)c(Br)c1. The molecule has 1 amide bonds. The van der Waals surface area contributed by atoms with Crippen LogP contribution in [0.5, 0.6) is 5.75 Å². The number of carboxylic acids is 1. The molecular weight excluding hydrogens is 350 g/mol. The Morgan fingerprint density at radius 3 is 2.59 bits per heavy atom. The fraction of sp³-hybridized carbons (Fsp3) is 0.500. The molecule has 0 fully saturated rings. The van der Waals surface area contributed by atoms with Crippen LogP contribution in [0.1, 0.15) is 32.8 Å². The van der Waals surface area contributed by atoms with Gasteiger partial charge in [0.2, 0.25) is 0 Å². The van der Waals surface area contributed by atoms with E-state index < -0.39 is 17.5 Å². The Bertz CT molecular complexity index is 557. The smallest absolute Gasteiger partial charge is 0.309 e. The predicted octanol–water partition coefficient (Wildman–Crippen LogP) is 3.14. The van der Waals surface area contributed by atoms with Crippen molar-refractivity contribution in [1.29, 1.82) is 0 Å². The van der Waals surface area contributed by atoms with E-state index in [9.17, 15) is 9.59 Å². The van der Waals surface area contributed by atoms with E-state index in [-0.39, 0.29) is 5.91 Å². The molecule has 0 heterocycles. The first-order valence-electron chi connectivity index (χ1n) is 7.07. The second kappa shape index (κ2) is 7.63. The quantitative estimate of drug-likeness (QED) is 0.771. The summed E-state index contributed by atoms with van der Waals surface area (Å²) in [6, 6.07) is 5.62. The Morgan fingerprint density at radius 1 is 1.41 bits per heavy atom. The summed E-state index contributed by atoms with van der Waals surface area (Å²) in [4.78, 5) is 23.0. The first-order chi connectivity index (χ1) is 10.1. The number of carbonyl (C=O) groups is 2. The van der Waals surface area contributed by atoms with Gasteiger partial charge in [0, 0.05) is 6.54 Å². The van der Waals surface area contributed by atoms with Crippen molar-refractivity contribution in [3.05, 3.63) is 28.2 Å². The highest BCUT2D eigenvalue weighted by atomic mass is 79.9. The van der Waals surface area contributed by atoms with Crippen LogP contribution >= 0.6 is 15.9 Å². The van der Waals surface area contributed by atoms with Crippen LogP contribution in [0.2, 0.25) is 0 Å². The van der Waals surface area contributed by atoms with Crippen LogP contribution in [0.25, 0.3) is 0 Å². The average molecular weight is 372 g/mol. The first kappa shape index (κ1) is 18.5. The van der Waals surface area contributed by atoms with Gasteiger partial charge in [0.05, 0.1) is 9.89 Å². The molecule has 0 saturated heterocycles. The summed E-state index contributed by atoms with van der Waals surface area (Å²) in [5.41, 5.74) is 0.226. The van der Waals surface area contributed by atoms with Crippen LogP contribution in [0, 0.1) is 12.3 Å². The number of aliphatic carboxylic acids is 1. The van der Waals surface area contributed by atoms with Crippen molar-refractivity contribution in [2.45, 2.75) is 40.2 Å². The summed E-state index contributed by atoms with van der Waals surface area (Å²) in [7, 11) is 0. The monoisotopic (exact) mass is 371 g/mol. The normalized spacial score (nSPS) is 12.6. The molecule has 6 heteroatoms. The van der Waals surface area contributed by atoms with E-state index in [0.29, 0.717) is 18.7 Å². The molecule has 0 aromatic heterocycles. The molecule has 1 atom stereocenters. The Hall–Kier alpha value is -1.56. The molecule has 0 spiro atoms. The molecule has 1 aromatic rings. The molecule has 0 aliphatic rings. The van der Waals surface area contributed by atoms with Crippen LogP contribution in [0.15, 0.2) is 22.7 Å². The average Bonchev–Trinajstić information content (AvgIpc) is 2.41. The topological polar surface area (TPSA) is 75.6 Å². The maximum Gasteiger partial charge on any atom is 0.309 e. The van der Waals surface area contributed by atoms with Gasteiger partial charge in [0.1, 0.15) is 5.75 Å². The van der Waals surface area contributed by atoms with Gasteiger partial charge in [-0.1, -0.05) is 6.07 Å². The van der Waals surface area contributed by atoms with Crippen molar-refractivity contribution in [1.82, 2.24) is 5.32 Å². The number of amides is 1. The zero-order chi connectivity index (χ0) is 16.9. The van der Waals surface area contributed by atoms with E-state index in [2.05, 4.69) is 21.2 Å². The summed E-state index contributed by atoms with van der Waals surface area (Å²) in [6.45, 7) is 7.18. The van der Waals surface area contributed by atoms with Crippen LogP contribution in [0.4, 0.5) is 0 Å². The lowest BCUT2D eigenvalue weighted by Gasteiger charge is -2.20. The van der Waals surface area contributed by atoms with Gasteiger partial charge in [-0.3, -0.25) is 9.59 Å². The number of hydrogen-bond acceptors (Lipinski definition) is 3. The second-order valence-electron chi connectivity index (χ2n) is 5.92. The number of carbonyl (C=O) groups excluding carboxylic acids is 1. The number of halogens is 1.